The molecule has 0 unspecified atom stereocenters. The Morgan fingerprint density at radius 3 is 2.77 bits per heavy atom. The number of carbonyl (C=O) groups excluding carboxylic acids is 1. The van der Waals surface area contributed by atoms with Gasteiger partial charge in [-0.25, -0.2) is 4.39 Å². The first-order valence-corrected chi connectivity index (χ1v) is 4.41. The van der Waals surface area contributed by atoms with Gasteiger partial charge in [-0.05, 0) is 40.7 Å². The third-order valence-electron chi connectivity index (χ3n) is 1.50. The summed E-state index contributed by atoms with van der Waals surface area (Å²) < 4.78 is 12.9. The van der Waals surface area contributed by atoms with E-state index in [1.165, 1.54) is 17.5 Å². The molecular weight excluding hydrogens is 211 g/mol. The zero-order valence-electron chi connectivity index (χ0n) is 6.59. The molecule has 0 bridgehead atoms. The maximum absolute atomic E-state index is 12.9. The molecule has 1 aromatic carbocycles. The lowest BCUT2D eigenvalue weighted by atomic mass is 10.1. The Morgan fingerprint density at radius 1 is 1.54 bits per heavy atom. The Bertz CT molecular complexity index is 351. The van der Waals surface area contributed by atoms with Gasteiger partial charge in [-0.3, -0.25) is 4.79 Å². The first-order valence-electron chi connectivity index (χ1n) is 3.56. The minimum Gasteiger partial charge on any atom is -0.276 e. The van der Waals surface area contributed by atoms with Crippen LogP contribution in [-0.4, -0.2) is 10.6 Å². The third kappa shape index (κ3) is 2.86. The molecule has 1 aromatic rings. The lowest BCUT2D eigenvalue weighted by Gasteiger charge is -1.99. The summed E-state index contributed by atoms with van der Waals surface area (Å²) in [6.45, 7) is 0. The predicted molar refractivity (Wildman–Crippen MR) is 53.9 cm³/mol. The summed E-state index contributed by atoms with van der Waals surface area (Å²) in [4.78, 5) is 10.7. The van der Waals surface area contributed by atoms with Crippen molar-refractivity contribution in [3.05, 3.63) is 35.1 Å². The number of benzene rings is 1. The number of hydrogen-bond acceptors (Lipinski definition) is 2. The molecule has 0 aliphatic rings. The second-order valence-electron chi connectivity index (χ2n) is 2.49. The van der Waals surface area contributed by atoms with Crippen molar-refractivity contribution < 1.29 is 9.18 Å². The van der Waals surface area contributed by atoms with Gasteiger partial charge in [0.2, 0.25) is 0 Å². The maximum atomic E-state index is 12.9. The SMILES string of the molecule is O=C(Cl)c1cc(F)cc(CC=S)c1. The van der Waals surface area contributed by atoms with E-state index in [1.807, 2.05) is 0 Å². The smallest absolute Gasteiger partial charge is 0.252 e. The zero-order chi connectivity index (χ0) is 9.84. The van der Waals surface area contributed by atoms with E-state index in [1.54, 1.807) is 0 Å². The molecule has 1 rings (SSSR count). The average molecular weight is 217 g/mol. The van der Waals surface area contributed by atoms with Crippen molar-refractivity contribution >= 4 is 34.4 Å². The summed E-state index contributed by atoms with van der Waals surface area (Å²) >= 11 is 9.83. The summed E-state index contributed by atoms with van der Waals surface area (Å²) in [6.07, 6.45) is 0.449. The molecule has 0 heterocycles. The van der Waals surface area contributed by atoms with Crippen LogP contribution in [0.5, 0.6) is 0 Å². The summed E-state index contributed by atoms with van der Waals surface area (Å²) in [7, 11) is 0. The van der Waals surface area contributed by atoms with Crippen molar-refractivity contribution in [1.29, 1.82) is 0 Å². The normalized spacial score (nSPS) is 9.69. The van der Waals surface area contributed by atoms with Crippen molar-refractivity contribution in [2.24, 2.45) is 0 Å². The highest BCUT2D eigenvalue weighted by atomic mass is 35.5. The zero-order valence-corrected chi connectivity index (χ0v) is 8.16. The van der Waals surface area contributed by atoms with E-state index < -0.39 is 11.1 Å². The molecule has 0 fully saturated rings. The number of thiocarbonyl (C=S) groups is 1. The van der Waals surface area contributed by atoms with Crippen molar-refractivity contribution in [3.63, 3.8) is 0 Å². The topological polar surface area (TPSA) is 17.1 Å². The Labute approximate surface area is 85.5 Å². The lowest BCUT2D eigenvalue weighted by Crippen LogP contribution is -1.94. The first kappa shape index (κ1) is 10.3. The third-order valence-corrected chi connectivity index (χ3v) is 1.89. The predicted octanol–water partition coefficient (Wildman–Crippen LogP) is 2.75. The molecule has 0 radical (unpaired) electrons. The van der Waals surface area contributed by atoms with Crippen molar-refractivity contribution in [3.8, 4) is 0 Å². The molecule has 0 amide bonds. The van der Waals surface area contributed by atoms with Crippen LogP contribution < -0.4 is 0 Å². The minimum atomic E-state index is -0.662. The molecular formula is C9H6ClFOS. The number of hydrogen-bond donors (Lipinski definition) is 0. The number of rotatable bonds is 3. The fourth-order valence-electron chi connectivity index (χ4n) is 0.978. The lowest BCUT2D eigenvalue weighted by molar-refractivity contribution is 0.108. The highest BCUT2D eigenvalue weighted by Gasteiger charge is 2.05. The van der Waals surface area contributed by atoms with Gasteiger partial charge in [0.25, 0.3) is 5.24 Å². The molecule has 0 atom stereocenters. The molecule has 1 nitrogen and oxygen atoms in total. The van der Waals surface area contributed by atoms with Crippen LogP contribution in [0.4, 0.5) is 4.39 Å². The van der Waals surface area contributed by atoms with Gasteiger partial charge < -0.3 is 0 Å². The maximum Gasteiger partial charge on any atom is 0.252 e. The highest BCUT2D eigenvalue weighted by Crippen LogP contribution is 2.11. The molecule has 0 aliphatic carbocycles. The summed E-state index contributed by atoms with van der Waals surface area (Å²) in [5.41, 5.74) is 0.813. The van der Waals surface area contributed by atoms with Gasteiger partial charge in [0.1, 0.15) is 5.82 Å². The van der Waals surface area contributed by atoms with Crippen molar-refractivity contribution in [2.45, 2.75) is 6.42 Å². The Hall–Kier alpha value is -0.800. The fraction of sp³-hybridized carbons (Fsp3) is 0.111. The molecule has 0 spiro atoms. The van der Waals surface area contributed by atoms with Crippen molar-refractivity contribution in [2.75, 3.05) is 0 Å². The van der Waals surface area contributed by atoms with E-state index in [0.29, 0.717) is 12.0 Å². The summed E-state index contributed by atoms with van der Waals surface area (Å²) in [5, 5.41) is 0.808. The highest BCUT2D eigenvalue weighted by molar-refractivity contribution is 7.78. The van der Waals surface area contributed by atoms with Gasteiger partial charge in [0, 0.05) is 12.0 Å². The van der Waals surface area contributed by atoms with Crippen LogP contribution in [0.2, 0.25) is 0 Å². The largest absolute Gasteiger partial charge is 0.276 e. The van der Waals surface area contributed by atoms with E-state index in [2.05, 4.69) is 12.2 Å². The molecule has 13 heavy (non-hydrogen) atoms. The molecule has 0 N–H and O–H groups in total. The van der Waals surface area contributed by atoms with Gasteiger partial charge in [-0.2, -0.15) is 0 Å². The van der Waals surface area contributed by atoms with Crippen molar-refractivity contribution in [1.82, 2.24) is 0 Å². The molecule has 0 saturated heterocycles. The minimum absolute atomic E-state index is 0.161. The quantitative estimate of drug-likeness (QED) is 0.571. The Kier molecular flexibility index (Phi) is 3.51. The van der Waals surface area contributed by atoms with E-state index in [4.69, 9.17) is 11.6 Å². The number of carbonyl (C=O) groups is 1. The van der Waals surface area contributed by atoms with E-state index >= 15 is 0 Å². The summed E-state index contributed by atoms with van der Waals surface area (Å²) in [6, 6.07) is 3.95. The van der Waals surface area contributed by atoms with Crippen LogP contribution >= 0.6 is 23.8 Å². The van der Waals surface area contributed by atoms with Crippen LogP contribution in [0.1, 0.15) is 15.9 Å². The van der Waals surface area contributed by atoms with E-state index in [-0.39, 0.29) is 5.56 Å². The molecule has 68 valence electrons. The van der Waals surface area contributed by atoms with Crippen LogP contribution in [-0.2, 0) is 6.42 Å². The Balaban J connectivity index is 3.10. The van der Waals surface area contributed by atoms with Crippen LogP contribution in [0.25, 0.3) is 0 Å². The van der Waals surface area contributed by atoms with E-state index in [0.717, 1.165) is 6.07 Å². The van der Waals surface area contributed by atoms with Gasteiger partial charge >= 0.3 is 0 Å². The molecule has 4 heteroatoms. The van der Waals surface area contributed by atoms with Crippen LogP contribution in [0.3, 0.4) is 0 Å². The van der Waals surface area contributed by atoms with E-state index in [9.17, 15) is 9.18 Å². The summed E-state index contributed by atoms with van der Waals surface area (Å²) in [5.74, 6) is -0.474. The van der Waals surface area contributed by atoms with Gasteiger partial charge in [-0.15, -0.1) is 0 Å². The van der Waals surface area contributed by atoms with Gasteiger partial charge in [-0.1, -0.05) is 12.2 Å². The first-order chi connectivity index (χ1) is 6.13. The van der Waals surface area contributed by atoms with Crippen LogP contribution in [0, 0.1) is 5.82 Å². The standard InChI is InChI=1S/C9H6ClFOS/c10-9(12)7-3-6(1-2-13)4-8(11)5-7/h2-5H,1H2. The molecule has 0 saturated carbocycles. The average Bonchev–Trinajstić information content (AvgIpc) is 2.03. The second-order valence-corrected chi connectivity index (χ2v) is 3.17. The van der Waals surface area contributed by atoms with Crippen LogP contribution in [0.15, 0.2) is 18.2 Å². The molecule has 0 aromatic heterocycles. The second kappa shape index (κ2) is 4.44. The van der Waals surface area contributed by atoms with Gasteiger partial charge in [0.05, 0.1) is 0 Å². The Morgan fingerprint density at radius 2 is 2.23 bits per heavy atom. The fourth-order valence-corrected chi connectivity index (χ4v) is 1.28. The number of halogens is 2. The molecule has 0 aliphatic heterocycles. The monoisotopic (exact) mass is 216 g/mol. The van der Waals surface area contributed by atoms with Gasteiger partial charge in [0.15, 0.2) is 0 Å².